The van der Waals surface area contributed by atoms with E-state index in [0.717, 1.165) is 0 Å². The van der Waals surface area contributed by atoms with Gasteiger partial charge in [0, 0.05) is 31.4 Å². The number of para-hydroxylation sites is 1. The fourth-order valence-electron chi connectivity index (χ4n) is 3.91. The van der Waals surface area contributed by atoms with Crippen LogP contribution in [0.25, 0.3) is 10.9 Å². The normalized spacial score (nSPS) is 16.9. The van der Waals surface area contributed by atoms with Crippen LogP contribution >= 0.6 is 0 Å². The van der Waals surface area contributed by atoms with Gasteiger partial charge in [-0.15, -0.1) is 0 Å². The number of hydrogen-bond donors (Lipinski definition) is 2. The van der Waals surface area contributed by atoms with Crippen LogP contribution < -0.4 is 11.0 Å². The molecule has 1 aliphatic rings. The maximum Gasteiger partial charge on any atom is 0.262 e. The Balaban J connectivity index is 1.75. The third-order valence-corrected chi connectivity index (χ3v) is 5.33. The van der Waals surface area contributed by atoms with Crippen molar-refractivity contribution in [3.63, 3.8) is 0 Å². The number of rotatable bonds is 6. The number of aromatic hydroxyl groups is 1. The maximum absolute atomic E-state index is 14.3. The van der Waals surface area contributed by atoms with Crippen molar-refractivity contribution >= 4 is 22.6 Å². The number of halogens is 1. The third kappa shape index (κ3) is 3.54. The second-order valence-corrected chi connectivity index (χ2v) is 7.39. The molecular formula is C22H23FN4O3. The Morgan fingerprint density at radius 2 is 2.13 bits per heavy atom. The Morgan fingerprint density at radius 1 is 1.33 bits per heavy atom. The van der Waals surface area contributed by atoms with Crippen LogP contribution in [0.15, 0.2) is 46.3 Å². The highest BCUT2D eigenvalue weighted by Gasteiger charge is 2.30. The number of hydrazone groups is 1. The molecule has 2 N–H and O–H groups in total. The molecule has 0 saturated carbocycles. The maximum atomic E-state index is 14.3. The highest BCUT2D eigenvalue weighted by molar-refractivity contribution is 6.07. The summed E-state index contributed by atoms with van der Waals surface area (Å²) >= 11 is 0. The zero-order valence-corrected chi connectivity index (χ0v) is 16.9. The molecule has 3 aromatic rings. The topological polar surface area (TPSA) is 88.7 Å². The highest BCUT2D eigenvalue weighted by atomic mass is 19.1. The van der Waals surface area contributed by atoms with E-state index in [9.17, 15) is 14.3 Å². The first kappa shape index (κ1) is 20.0. The number of aromatic nitrogens is 2. The Labute approximate surface area is 172 Å². The number of phenols is 1. The lowest BCUT2D eigenvalue weighted by molar-refractivity contribution is 0.190. The second-order valence-electron chi connectivity index (χ2n) is 7.39. The molecule has 7 nitrogen and oxygen atoms in total. The van der Waals surface area contributed by atoms with Gasteiger partial charge in [0.2, 0.25) is 5.95 Å². The van der Waals surface area contributed by atoms with E-state index in [4.69, 9.17) is 4.74 Å². The Kier molecular flexibility index (Phi) is 5.50. The van der Waals surface area contributed by atoms with E-state index in [1.165, 1.54) is 16.7 Å². The van der Waals surface area contributed by atoms with Crippen LogP contribution in [0.5, 0.6) is 5.75 Å². The minimum absolute atomic E-state index is 0.0137. The molecule has 0 bridgehead atoms. The van der Waals surface area contributed by atoms with Gasteiger partial charge in [-0.3, -0.25) is 9.36 Å². The summed E-state index contributed by atoms with van der Waals surface area (Å²) in [5.41, 5.74) is 4.67. The smallest absolute Gasteiger partial charge is 0.262 e. The molecular weight excluding hydrogens is 387 g/mol. The van der Waals surface area contributed by atoms with Gasteiger partial charge in [0.05, 0.1) is 16.6 Å². The van der Waals surface area contributed by atoms with Crippen molar-refractivity contribution in [3.05, 3.63) is 63.7 Å². The number of phenolic OH excluding ortho intramolecular Hbond substituents is 1. The monoisotopic (exact) mass is 410 g/mol. The van der Waals surface area contributed by atoms with E-state index in [2.05, 4.69) is 15.5 Å². The minimum Gasteiger partial charge on any atom is -0.507 e. The fourth-order valence-corrected chi connectivity index (χ4v) is 3.91. The van der Waals surface area contributed by atoms with Crippen LogP contribution in [0.1, 0.15) is 36.8 Å². The van der Waals surface area contributed by atoms with E-state index in [1.807, 2.05) is 13.0 Å². The van der Waals surface area contributed by atoms with Crippen LogP contribution in [0, 0.1) is 5.82 Å². The largest absolute Gasteiger partial charge is 0.507 e. The van der Waals surface area contributed by atoms with E-state index in [1.54, 1.807) is 25.3 Å². The average Bonchev–Trinajstić information content (AvgIpc) is 3.08. The third-order valence-electron chi connectivity index (χ3n) is 5.33. The fraction of sp³-hybridized carbons (Fsp3) is 0.318. The lowest BCUT2D eigenvalue weighted by atomic mass is 10.0. The van der Waals surface area contributed by atoms with Crippen molar-refractivity contribution in [2.24, 2.45) is 5.10 Å². The molecule has 0 fully saturated rings. The average molecular weight is 410 g/mol. The molecule has 1 heterocycles. The number of nitrogens with zero attached hydrogens (tertiary/aromatic N) is 3. The summed E-state index contributed by atoms with van der Waals surface area (Å²) in [6, 6.07) is 9.71. The number of ether oxygens (including phenoxy) is 1. The molecule has 0 radical (unpaired) electrons. The summed E-state index contributed by atoms with van der Waals surface area (Å²) in [6.45, 7) is 2.80. The first-order valence-corrected chi connectivity index (χ1v) is 9.84. The lowest BCUT2D eigenvalue weighted by Gasteiger charge is -2.13. The van der Waals surface area contributed by atoms with Gasteiger partial charge in [-0.2, -0.15) is 5.10 Å². The molecule has 2 aromatic carbocycles. The van der Waals surface area contributed by atoms with E-state index in [-0.39, 0.29) is 23.0 Å². The van der Waals surface area contributed by atoms with Gasteiger partial charge in [0.1, 0.15) is 11.6 Å². The van der Waals surface area contributed by atoms with E-state index in [0.29, 0.717) is 59.7 Å². The standard InChI is InChI=1S/C22H23FN4O3/c1-13-12-17(20-18(28)9-8-15(23)19(13)20)25-26-22-24-16-7-4-3-6-14(16)21(29)27(22)10-5-11-30-2/h3-4,6-9,13,28H,5,10-12H2,1-2H3,(H,24,26)/b25-17+/t13-/m0/s1. The van der Waals surface area contributed by atoms with Gasteiger partial charge in [-0.05, 0) is 43.0 Å². The molecule has 30 heavy (non-hydrogen) atoms. The van der Waals surface area contributed by atoms with Gasteiger partial charge >= 0.3 is 0 Å². The summed E-state index contributed by atoms with van der Waals surface area (Å²) in [7, 11) is 1.61. The number of anilines is 1. The Hall–Kier alpha value is -3.26. The van der Waals surface area contributed by atoms with Crippen molar-refractivity contribution < 1.29 is 14.2 Å². The van der Waals surface area contributed by atoms with Crippen LogP contribution in [-0.4, -0.2) is 34.1 Å². The predicted octanol–water partition coefficient (Wildman–Crippen LogP) is 3.60. The molecule has 8 heteroatoms. The Morgan fingerprint density at radius 3 is 2.93 bits per heavy atom. The quantitative estimate of drug-likeness (QED) is 0.479. The van der Waals surface area contributed by atoms with Gasteiger partial charge in [0.15, 0.2) is 0 Å². The molecule has 0 spiro atoms. The molecule has 1 aromatic heterocycles. The number of hydrogen-bond acceptors (Lipinski definition) is 6. The van der Waals surface area contributed by atoms with Crippen LogP contribution in [-0.2, 0) is 11.3 Å². The van der Waals surface area contributed by atoms with E-state index < -0.39 is 0 Å². The number of fused-ring (bicyclic) bond motifs is 2. The molecule has 0 amide bonds. The first-order valence-electron chi connectivity index (χ1n) is 9.84. The van der Waals surface area contributed by atoms with Crippen molar-refractivity contribution in [1.82, 2.24) is 9.55 Å². The van der Waals surface area contributed by atoms with Gasteiger partial charge < -0.3 is 9.84 Å². The summed E-state index contributed by atoms with van der Waals surface area (Å²) in [5.74, 6) is -0.193. The zero-order valence-electron chi connectivity index (χ0n) is 16.9. The molecule has 4 rings (SSSR count). The first-order chi connectivity index (χ1) is 14.5. The number of methoxy groups -OCH3 is 1. The summed E-state index contributed by atoms with van der Waals surface area (Å²) < 4.78 is 20.9. The van der Waals surface area contributed by atoms with Crippen molar-refractivity contribution in [2.45, 2.75) is 32.2 Å². The molecule has 156 valence electrons. The number of nitrogens with one attached hydrogen (secondary N) is 1. The van der Waals surface area contributed by atoms with Crippen molar-refractivity contribution in [3.8, 4) is 5.75 Å². The molecule has 1 atom stereocenters. The zero-order chi connectivity index (χ0) is 21.3. The minimum atomic E-state index is -0.360. The lowest BCUT2D eigenvalue weighted by Crippen LogP contribution is -2.25. The summed E-state index contributed by atoms with van der Waals surface area (Å²) in [4.78, 5) is 17.6. The van der Waals surface area contributed by atoms with Gasteiger partial charge in [0.25, 0.3) is 5.56 Å². The number of benzene rings is 2. The van der Waals surface area contributed by atoms with Gasteiger partial charge in [-0.1, -0.05) is 19.1 Å². The van der Waals surface area contributed by atoms with Gasteiger partial charge in [-0.25, -0.2) is 14.8 Å². The summed E-state index contributed by atoms with van der Waals surface area (Å²) in [6.07, 6.45) is 1.10. The highest BCUT2D eigenvalue weighted by Crippen LogP contribution is 2.39. The Bertz CT molecular complexity index is 1190. The van der Waals surface area contributed by atoms with Crippen LogP contribution in [0.2, 0.25) is 0 Å². The van der Waals surface area contributed by atoms with Crippen molar-refractivity contribution in [1.29, 1.82) is 0 Å². The van der Waals surface area contributed by atoms with Crippen molar-refractivity contribution in [2.75, 3.05) is 19.1 Å². The van der Waals surface area contributed by atoms with Crippen LogP contribution in [0.3, 0.4) is 0 Å². The molecule has 0 aliphatic heterocycles. The molecule has 1 aliphatic carbocycles. The molecule has 0 unspecified atom stereocenters. The summed E-state index contributed by atoms with van der Waals surface area (Å²) in [5, 5.41) is 15.2. The second kappa shape index (κ2) is 8.23. The molecule has 0 saturated heterocycles. The van der Waals surface area contributed by atoms with E-state index >= 15 is 0 Å². The predicted molar refractivity (Wildman–Crippen MR) is 114 cm³/mol. The SMILES string of the molecule is COCCCn1c(N/N=C2\C[C@H](C)c3c(F)ccc(O)c32)nc2ccccc2c1=O. The van der Waals surface area contributed by atoms with Crippen LogP contribution in [0.4, 0.5) is 10.3 Å².